The Morgan fingerprint density at radius 3 is 2.52 bits per heavy atom. The molecule has 0 unspecified atom stereocenters. The molecule has 0 saturated carbocycles. The van der Waals surface area contributed by atoms with Crippen molar-refractivity contribution >= 4 is 27.5 Å². The third kappa shape index (κ3) is 3.17. The second-order valence-electron chi connectivity index (χ2n) is 5.09. The molecule has 23 heavy (non-hydrogen) atoms. The number of aryl methyl sites for hydroxylation is 1. The van der Waals surface area contributed by atoms with Crippen LogP contribution in [-0.4, -0.2) is 20.7 Å². The molecule has 0 fully saturated rings. The van der Waals surface area contributed by atoms with Crippen LogP contribution in [-0.2, 0) is 0 Å². The molecule has 0 bridgehead atoms. The summed E-state index contributed by atoms with van der Waals surface area (Å²) in [6.07, 6.45) is 0. The van der Waals surface area contributed by atoms with Gasteiger partial charge < -0.3 is 5.32 Å². The fraction of sp³-hybridized carbons (Fsp3) is 0.118. The van der Waals surface area contributed by atoms with Crippen LogP contribution >= 0.6 is 15.9 Å². The summed E-state index contributed by atoms with van der Waals surface area (Å²) in [5.74, 6) is -0.259. The fourth-order valence-electron chi connectivity index (χ4n) is 2.36. The van der Waals surface area contributed by atoms with Crippen LogP contribution in [0.15, 0.2) is 53.1 Å². The van der Waals surface area contributed by atoms with Crippen molar-refractivity contribution in [1.82, 2.24) is 14.8 Å². The Morgan fingerprint density at radius 2 is 1.83 bits per heavy atom. The molecule has 116 valence electrons. The van der Waals surface area contributed by atoms with Gasteiger partial charge in [0, 0.05) is 0 Å². The highest BCUT2D eigenvalue weighted by atomic mass is 79.9. The minimum absolute atomic E-state index is 0.259. The summed E-state index contributed by atoms with van der Waals surface area (Å²) in [4.78, 5) is 16.6. The van der Waals surface area contributed by atoms with Crippen molar-refractivity contribution in [3.63, 3.8) is 0 Å². The van der Waals surface area contributed by atoms with Gasteiger partial charge in [-0.25, -0.2) is 9.67 Å². The maximum Gasteiger partial charge on any atom is 0.274 e. The third-order valence-corrected chi connectivity index (χ3v) is 3.92. The summed E-state index contributed by atoms with van der Waals surface area (Å²) in [5, 5.41) is 7.42. The monoisotopic (exact) mass is 370 g/mol. The molecule has 2 aromatic heterocycles. The van der Waals surface area contributed by atoms with Crippen LogP contribution in [0.2, 0.25) is 0 Å². The smallest absolute Gasteiger partial charge is 0.274 e. The predicted molar refractivity (Wildman–Crippen MR) is 92.9 cm³/mol. The number of hydrogen-bond donors (Lipinski definition) is 1. The van der Waals surface area contributed by atoms with E-state index in [9.17, 15) is 4.79 Å². The van der Waals surface area contributed by atoms with E-state index in [1.54, 1.807) is 18.2 Å². The lowest BCUT2D eigenvalue weighted by atomic mass is 10.2. The van der Waals surface area contributed by atoms with Crippen LogP contribution in [0.4, 0.5) is 5.69 Å². The average molecular weight is 371 g/mol. The largest absolute Gasteiger partial charge is 0.317 e. The number of rotatable bonds is 3. The molecule has 6 heteroatoms. The molecule has 0 aliphatic rings. The first-order chi connectivity index (χ1) is 11.1. The lowest BCUT2D eigenvalue weighted by Crippen LogP contribution is -2.14. The minimum atomic E-state index is -0.259. The number of halogens is 1. The van der Waals surface area contributed by atoms with Gasteiger partial charge in [0.2, 0.25) is 0 Å². The Kier molecular flexibility index (Phi) is 4.25. The number of carbonyl (C=O) groups is 1. The van der Waals surface area contributed by atoms with Crippen LogP contribution in [0.25, 0.3) is 5.69 Å². The van der Waals surface area contributed by atoms with Gasteiger partial charge in [0.05, 0.1) is 22.8 Å². The summed E-state index contributed by atoms with van der Waals surface area (Å²) in [5.41, 5.74) is 3.65. The summed E-state index contributed by atoms with van der Waals surface area (Å²) in [6, 6.07) is 15.0. The van der Waals surface area contributed by atoms with Crippen molar-refractivity contribution in [3.05, 3.63) is 70.2 Å². The van der Waals surface area contributed by atoms with Crippen LogP contribution in [0.5, 0.6) is 0 Å². The number of carbonyl (C=O) groups excluding carboxylic acids is 1. The molecule has 0 atom stereocenters. The van der Waals surface area contributed by atoms with E-state index < -0.39 is 0 Å². The number of amides is 1. The molecule has 1 amide bonds. The van der Waals surface area contributed by atoms with Crippen molar-refractivity contribution in [3.8, 4) is 5.69 Å². The average Bonchev–Trinajstić information content (AvgIpc) is 2.84. The van der Waals surface area contributed by atoms with Crippen molar-refractivity contribution in [2.45, 2.75) is 13.8 Å². The maximum atomic E-state index is 12.4. The zero-order valence-corrected chi connectivity index (χ0v) is 14.3. The molecule has 0 aliphatic heterocycles. The molecule has 5 nitrogen and oxygen atoms in total. The lowest BCUT2D eigenvalue weighted by Gasteiger charge is -2.07. The molecular weight excluding hydrogens is 356 g/mol. The molecule has 1 aromatic carbocycles. The summed E-state index contributed by atoms with van der Waals surface area (Å²) in [7, 11) is 0. The number of pyridine rings is 1. The van der Waals surface area contributed by atoms with Gasteiger partial charge in [0.25, 0.3) is 5.91 Å². The highest BCUT2D eigenvalue weighted by Crippen LogP contribution is 2.23. The molecule has 1 N–H and O–H groups in total. The molecule has 0 radical (unpaired) electrons. The van der Waals surface area contributed by atoms with Crippen LogP contribution in [0.3, 0.4) is 0 Å². The second kappa shape index (κ2) is 6.34. The van der Waals surface area contributed by atoms with E-state index in [1.807, 2.05) is 48.9 Å². The van der Waals surface area contributed by atoms with Gasteiger partial charge in [-0.05, 0) is 54.0 Å². The van der Waals surface area contributed by atoms with E-state index in [-0.39, 0.29) is 5.91 Å². The van der Waals surface area contributed by atoms with E-state index in [2.05, 4.69) is 31.3 Å². The Bertz CT molecular complexity index is 858. The topological polar surface area (TPSA) is 59.8 Å². The van der Waals surface area contributed by atoms with Gasteiger partial charge in [0.1, 0.15) is 10.3 Å². The molecule has 3 rings (SSSR count). The Hall–Kier alpha value is -2.47. The van der Waals surface area contributed by atoms with Crippen molar-refractivity contribution in [2.24, 2.45) is 0 Å². The highest BCUT2D eigenvalue weighted by Gasteiger charge is 2.16. The van der Waals surface area contributed by atoms with Gasteiger partial charge in [-0.2, -0.15) is 5.10 Å². The number of benzene rings is 1. The Morgan fingerprint density at radius 1 is 1.09 bits per heavy atom. The van der Waals surface area contributed by atoms with Crippen LogP contribution < -0.4 is 5.32 Å². The van der Waals surface area contributed by atoms with Gasteiger partial charge in [-0.3, -0.25) is 4.79 Å². The molecule has 0 saturated heterocycles. The quantitative estimate of drug-likeness (QED) is 0.711. The SMILES string of the molecule is Cc1nn(-c2ccccc2)c(C)c1NC(=O)c1cccc(Br)n1. The van der Waals surface area contributed by atoms with Crippen molar-refractivity contribution in [1.29, 1.82) is 0 Å². The van der Waals surface area contributed by atoms with Gasteiger partial charge in [-0.1, -0.05) is 24.3 Å². The molecular formula is C17H15BrN4O. The number of nitrogens with one attached hydrogen (secondary N) is 1. The maximum absolute atomic E-state index is 12.4. The predicted octanol–water partition coefficient (Wildman–Crippen LogP) is 3.90. The number of aromatic nitrogens is 3. The molecule has 3 aromatic rings. The third-order valence-electron chi connectivity index (χ3n) is 3.48. The summed E-state index contributed by atoms with van der Waals surface area (Å²) < 4.78 is 2.44. The zero-order valence-electron chi connectivity index (χ0n) is 12.7. The van der Waals surface area contributed by atoms with E-state index in [0.29, 0.717) is 16.0 Å². The van der Waals surface area contributed by atoms with Crippen LogP contribution in [0.1, 0.15) is 21.9 Å². The highest BCUT2D eigenvalue weighted by molar-refractivity contribution is 9.10. The molecule has 0 spiro atoms. The first-order valence-electron chi connectivity index (χ1n) is 7.12. The van der Waals surface area contributed by atoms with Gasteiger partial charge >= 0.3 is 0 Å². The summed E-state index contributed by atoms with van der Waals surface area (Å²) >= 11 is 3.27. The number of anilines is 1. The first-order valence-corrected chi connectivity index (χ1v) is 7.91. The normalized spacial score (nSPS) is 10.6. The summed E-state index contributed by atoms with van der Waals surface area (Å²) in [6.45, 7) is 3.80. The number of nitrogens with zero attached hydrogens (tertiary/aromatic N) is 3. The Balaban J connectivity index is 1.92. The minimum Gasteiger partial charge on any atom is -0.317 e. The van der Waals surface area contributed by atoms with Gasteiger partial charge in [-0.15, -0.1) is 0 Å². The van der Waals surface area contributed by atoms with E-state index in [4.69, 9.17) is 0 Å². The van der Waals surface area contributed by atoms with Crippen molar-refractivity contribution in [2.75, 3.05) is 5.32 Å². The second-order valence-corrected chi connectivity index (χ2v) is 5.91. The number of hydrogen-bond acceptors (Lipinski definition) is 3. The lowest BCUT2D eigenvalue weighted by molar-refractivity contribution is 0.102. The standard InChI is InChI=1S/C17H15BrN4O/c1-11-16(20-17(23)14-9-6-10-15(18)19-14)12(2)22(21-11)13-7-4-3-5-8-13/h3-10H,1-2H3,(H,20,23). The van der Waals surface area contributed by atoms with Crippen LogP contribution in [0, 0.1) is 13.8 Å². The van der Waals surface area contributed by atoms with E-state index >= 15 is 0 Å². The van der Waals surface area contributed by atoms with Gasteiger partial charge in [0.15, 0.2) is 0 Å². The zero-order chi connectivity index (χ0) is 16.4. The molecule has 2 heterocycles. The number of para-hydroxylation sites is 1. The fourth-order valence-corrected chi connectivity index (χ4v) is 2.70. The van der Waals surface area contributed by atoms with E-state index in [1.165, 1.54) is 0 Å². The molecule has 0 aliphatic carbocycles. The van der Waals surface area contributed by atoms with E-state index in [0.717, 1.165) is 17.1 Å². The first kappa shape index (κ1) is 15.4. The van der Waals surface area contributed by atoms with Crippen molar-refractivity contribution < 1.29 is 4.79 Å². The Labute approximate surface area is 142 Å².